The van der Waals surface area contributed by atoms with Crippen LogP contribution in [0.15, 0.2) is 42.7 Å². The van der Waals surface area contributed by atoms with Gasteiger partial charge in [-0.15, -0.1) is 0 Å². The van der Waals surface area contributed by atoms with Gasteiger partial charge in [0.05, 0.1) is 6.54 Å². The Morgan fingerprint density at radius 3 is 2.84 bits per heavy atom. The first-order valence-electron chi connectivity index (χ1n) is 6.35. The second-order valence-electron chi connectivity index (χ2n) is 4.15. The van der Waals surface area contributed by atoms with Crippen LogP contribution in [0.25, 0.3) is 0 Å². The molecule has 0 bridgehead atoms. The quantitative estimate of drug-likeness (QED) is 0.828. The Labute approximate surface area is 112 Å². The molecule has 1 aromatic heterocycles. The summed E-state index contributed by atoms with van der Waals surface area (Å²) in [6.45, 7) is 3.63. The number of hydrogen-bond acceptors (Lipinski definition) is 3. The number of carbonyl (C=O) groups excluding carboxylic acids is 1. The van der Waals surface area contributed by atoms with Crippen LogP contribution in [0.4, 0.5) is 5.95 Å². The van der Waals surface area contributed by atoms with Gasteiger partial charge in [-0.25, -0.2) is 4.98 Å². The molecule has 0 aliphatic heterocycles. The largest absolute Gasteiger partial charge is 0.350 e. The lowest BCUT2D eigenvalue weighted by Gasteiger charge is -2.08. The van der Waals surface area contributed by atoms with Gasteiger partial charge in [-0.2, -0.15) is 0 Å². The van der Waals surface area contributed by atoms with Gasteiger partial charge in [0.25, 0.3) is 0 Å². The normalized spacial score (nSPS) is 10.2. The third-order valence-corrected chi connectivity index (χ3v) is 2.80. The van der Waals surface area contributed by atoms with E-state index < -0.39 is 0 Å². The predicted molar refractivity (Wildman–Crippen MR) is 74.7 cm³/mol. The summed E-state index contributed by atoms with van der Waals surface area (Å²) in [4.78, 5) is 15.8. The van der Waals surface area contributed by atoms with Gasteiger partial charge >= 0.3 is 0 Å². The van der Waals surface area contributed by atoms with E-state index in [-0.39, 0.29) is 12.5 Å². The third-order valence-electron chi connectivity index (χ3n) is 2.80. The van der Waals surface area contributed by atoms with Gasteiger partial charge in [0.15, 0.2) is 0 Å². The molecule has 1 amide bonds. The number of nitrogens with zero attached hydrogens (tertiary/aromatic N) is 2. The molecule has 0 aliphatic carbocycles. The highest BCUT2D eigenvalue weighted by Crippen LogP contribution is 2.02. The minimum absolute atomic E-state index is 0.0468. The first-order valence-corrected chi connectivity index (χ1v) is 6.35. The van der Waals surface area contributed by atoms with E-state index in [2.05, 4.69) is 15.6 Å². The maximum atomic E-state index is 11.7. The van der Waals surface area contributed by atoms with Crippen LogP contribution in [0.2, 0.25) is 0 Å². The number of benzene rings is 1. The number of aryl methyl sites for hydroxylation is 1. The average molecular weight is 258 g/mol. The molecule has 1 heterocycles. The van der Waals surface area contributed by atoms with Crippen molar-refractivity contribution in [3.63, 3.8) is 0 Å². The van der Waals surface area contributed by atoms with E-state index in [1.54, 1.807) is 6.20 Å². The number of imidazole rings is 1. The van der Waals surface area contributed by atoms with Crippen LogP contribution in [0.5, 0.6) is 0 Å². The van der Waals surface area contributed by atoms with Crippen molar-refractivity contribution < 1.29 is 4.79 Å². The molecule has 2 N–H and O–H groups in total. The Morgan fingerprint density at radius 2 is 2.11 bits per heavy atom. The Morgan fingerprint density at radius 1 is 1.32 bits per heavy atom. The predicted octanol–water partition coefficient (Wildman–Crippen LogP) is 1.63. The molecule has 0 saturated heterocycles. The number of anilines is 1. The van der Waals surface area contributed by atoms with Crippen LogP contribution in [0, 0.1) is 0 Å². The lowest BCUT2D eigenvalue weighted by Crippen LogP contribution is -2.30. The maximum absolute atomic E-state index is 11.7. The Kier molecular flexibility index (Phi) is 4.55. The van der Waals surface area contributed by atoms with Crippen LogP contribution in [0.3, 0.4) is 0 Å². The number of aromatic nitrogens is 2. The van der Waals surface area contributed by atoms with E-state index >= 15 is 0 Å². The highest BCUT2D eigenvalue weighted by molar-refractivity contribution is 5.80. The molecular formula is C14H18N4O. The molecular weight excluding hydrogens is 240 g/mol. The van der Waals surface area contributed by atoms with E-state index in [1.165, 1.54) is 0 Å². The van der Waals surface area contributed by atoms with Gasteiger partial charge in [0.2, 0.25) is 11.9 Å². The number of hydrogen-bond donors (Lipinski definition) is 2. The second-order valence-corrected chi connectivity index (χ2v) is 4.15. The summed E-state index contributed by atoms with van der Waals surface area (Å²) in [5.74, 6) is 0.673. The Hall–Kier alpha value is -2.30. The van der Waals surface area contributed by atoms with E-state index in [4.69, 9.17) is 0 Å². The molecule has 5 heteroatoms. The smallest absolute Gasteiger partial charge is 0.239 e. The third kappa shape index (κ3) is 3.84. The molecule has 5 nitrogen and oxygen atoms in total. The van der Waals surface area contributed by atoms with Gasteiger partial charge in [-0.05, 0) is 12.5 Å². The van der Waals surface area contributed by atoms with Gasteiger partial charge in [0, 0.05) is 25.5 Å². The van der Waals surface area contributed by atoms with Crippen LogP contribution in [-0.2, 0) is 17.9 Å². The molecule has 0 saturated carbocycles. The molecule has 0 atom stereocenters. The fraction of sp³-hybridized carbons (Fsp3) is 0.286. The monoisotopic (exact) mass is 258 g/mol. The minimum Gasteiger partial charge on any atom is -0.350 e. The summed E-state index contributed by atoms with van der Waals surface area (Å²) in [6.07, 6.45) is 3.60. The second kappa shape index (κ2) is 6.58. The lowest BCUT2D eigenvalue weighted by atomic mass is 10.2. The van der Waals surface area contributed by atoms with E-state index in [0.29, 0.717) is 6.54 Å². The molecule has 2 rings (SSSR count). The zero-order valence-corrected chi connectivity index (χ0v) is 11.0. The number of nitrogens with one attached hydrogen (secondary N) is 2. The highest BCUT2D eigenvalue weighted by atomic mass is 16.1. The molecule has 1 aromatic carbocycles. The fourth-order valence-electron chi connectivity index (χ4n) is 1.75. The van der Waals surface area contributed by atoms with Crippen molar-refractivity contribution in [3.8, 4) is 0 Å². The summed E-state index contributed by atoms with van der Waals surface area (Å²) in [5, 5.41) is 5.88. The van der Waals surface area contributed by atoms with Crippen molar-refractivity contribution >= 4 is 11.9 Å². The first-order chi connectivity index (χ1) is 9.29. The molecule has 0 spiro atoms. The summed E-state index contributed by atoms with van der Waals surface area (Å²) in [7, 11) is 0. The van der Waals surface area contributed by atoms with Crippen molar-refractivity contribution in [1.29, 1.82) is 0 Å². The van der Waals surface area contributed by atoms with Crippen molar-refractivity contribution in [1.82, 2.24) is 14.9 Å². The van der Waals surface area contributed by atoms with Crippen molar-refractivity contribution in [2.45, 2.75) is 20.0 Å². The van der Waals surface area contributed by atoms with E-state index in [1.807, 2.05) is 48.0 Å². The van der Waals surface area contributed by atoms with Gasteiger partial charge in [-0.3, -0.25) is 4.79 Å². The topological polar surface area (TPSA) is 59.0 Å². The number of carbonyl (C=O) groups is 1. The first kappa shape index (κ1) is 13.1. The lowest BCUT2D eigenvalue weighted by molar-refractivity contribution is -0.119. The summed E-state index contributed by atoms with van der Waals surface area (Å²) in [6, 6.07) is 9.84. The molecule has 19 heavy (non-hydrogen) atoms. The van der Waals surface area contributed by atoms with Crippen molar-refractivity contribution in [2.24, 2.45) is 0 Å². The van der Waals surface area contributed by atoms with Gasteiger partial charge in [-0.1, -0.05) is 30.3 Å². The van der Waals surface area contributed by atoms with Crippen LogP contribution >= 0.6 is 0 Å². The molecule has 0 aliphatic rings. The summed E-state index contributed by atoms with van der Waals surface area (Å²) in [5.41, 5.74) is 1.09. The molecule has 0 radical (unpaired) electrons. The number of rotatable bonds is 6. The highest BCUT2D eigenvalue weighted by Gasteiger charge is 2.04. The van der Waals surface area contributed by atoms with Gasteiger partial charge in [0.1, 0.15) is 0 Å². The maximum Gasteiger partial charge on any atom is 0.239 e. The van der Waals surface area contributed by atoms with E-state index in [0.717, 1.165) is 18.1 Å². The van der Waals surface area contributed by atoms with Crippen LogP contribution in [0.1, 0.15) is 12.5 Å². The van der Waals surface area contributed by atoms with Crippen LogP contribution < -0.4 is 10.6 Å². The van der Waals surface area contributed by atoms with Crippen molar-refractivity contribution in [2.75, 3.05) is 11.9 Å². The molecule has 100 valence electrons. The van der Waals surface area contributed by atoms with E-state index in [9.17, 15) is 4.79 Å². The summed E-state index contributed by atoms with van der Waals surface area (Å²) < 4.78 is 1.95. The minimum atomic E-state index is -0.0468. The molecule has 0 unspecified atom stereocenters. The van der Waals surface area contributed by atoms with Gasteiger partial charge < -0.3 is 15.2 Å². The fourth-order valence-corrected chi connectivity index (χ4v) is 1.75. The van der Waals surface area contributed by atoms with Crippen LogP contribution in [-0.4, -0.2) is 22.0 Å². The standard InChI is InChI=1S/C14H18N4O/c1-2-18-9-8-15-14(18)17-11-13(19)16-10-12-6-4-3-5-7-12/h3-9H,2,10-11H2,1H3,(H,15,17)(H,16,19). The zero-order valence-electron chi connectivity index (χ0n) is 11.0. The Balaban J connectivity index is 1.76. The Bertz CT molecular complexity index is 521. The number of amides is 1. The molecule has 2 aromatic rings. The summed E-state index contributed by atoms with van der Waals surface area (Å²) >= 11 is 0. The molecule has 0 fully saturated rings. The zero-order chi connectivity index (χ0) is 13.5. The average Bonchev–Trinajstić information content (AvgIpc) is 2.91. The SMILES string of the molecule is CCn1ccnc1NCC(=O)NCc1ccccc1. The van der Waals surface area contributed by atoms with Crippen molar-refractivity contribution in [3.05, 3.63) is 48.3 Å².